The summed E-state index contributed by atoms with van der Waals surface area (Å²) >= 11 is 0. The number of hydrogen-bond donors (Lipinski definition) is 2. The Hall–Kier alpha value is -3.76. The zero-order valence-corrected chi connectivity index (χ0v) is 30.6. The maximum absolute atomic E-state index is 14.7. The molecule has 0 aromatic carbocycles. The predicted octanol–water partition coefficient (Wildman–Crippen LogP) is 5.33. The highest BCUT2D eigenvalue weighted by Gasteiger charge is 2.50. The standard InChI is InChI=1S/C40H57N5O6/c1-4-9-28(37(48)39(50)43-30-16-17-30)22-35(47)36-31-13-8-12-29(31)24-45(36)40(51)27(15-19-34(46)25(2)3)14-18-32(26-10-6-5-7-11-26)44-38(49)33-23-41-20-21-42-33/h20-21,23,26-32,36H,2,4-19,22,24H2,1,3H3,(H,43,50)(H,44,49)/t27-,28+,29-,31-,32+,36-/m0/s1. The molecule has 11 heteroatoms. The van der Waals surface area contributed by atoms with Gasteiger partial charge in [-0.2, -0.15) is 0 Å². The van der Waals surface area contributed by atoms with Crippen LogP contribution in [0.4, 0.5) is 0 Å². The van der Waals surface area contributed by atoms with Crippen molar-refractivity contribution in [2.24, 2.45) is 29.6 Å². The van der Waals surface area contributed by atoms with Crippen LogP contribution < -0.4 is 10.6 Å². The highest BCUT2D eigenvalue weighted by molar-refractivity contribution is 6.37. The summed E-state index contributed by atoms with van der Waals surface area (Å²) in [5.41, 5.74) is 0.687. The zero-order chi connectivity index (χ0) is 36.5. The van der Waals surface area contributed by atoms with Gasteiger partial charge in [0.1, 0.15) is 5.69 Å². The molecule has 5 rings (SSSR count). The fraction of sp³-hybridized carbons (Fsp3) is 0.700. The van der Waals surface area contributed by atoms with Gasteiger partial charge in [-0.3, -0.25) is 33.8 Å². The number of rotatable bonds is 19. The van der Waals surface area contributed by atoms with E-state index in [0.29, 0.717) is 44.2 Å². The number of nitrogens with one attached hydrogen (secondary N) is 2. The second-order valence-corrected chi connectivity index (χ2v) is 15.6. The molecule has 0 unspecified atom stereocenters. The van der Waals surface area contributed by atoms with Gasteiger partial charge >= 0.3 is 0 Å². The Labute approximate surface area is 302 Å². The smallest absolute Gasteiger partial charge is 0.287 e. The Kier molecular flexibility index (Phi) is 13.7. The van der Waals surface area contributed by atoms with Gasteiger partial charge in [-0.05, 0) is 94.5 Å². The third-order valence-corrected chi connectivity index (χ3v) is 11.8. The number of likely N-dealkylation sites (tertiary alicyclic amines) is 1. The van der Waals surface area contributed by atoms with Crippen molar-refractivity contribution in [2.45, 2.75) is 141 Å². The lowest BCUT2D eigenvalue weighted by molar-refractivity contribution is -0.144. The van der Waals surface area contributed by atoms with E-state index in [1.54, 1.807) is 11.8 Å². The van der Waals surface area contributed by atoms with Gasteiger partial charge in [0.15, 0.2) is 11.6 Å². The van der Waals surface area contributed by atoms with Crippen molar-refractivity contribution in [2.75, 3.05) is 6.54 Å². The van der Waals surface area contributed by atoms with Crippen LogP contribution in [0.3, 0.4) is 0 Å². The fourth-order valence-corrected chi connectivity index (χ4v) is 8.80. The van der Waals surface area contributed by atoms with E-state index in [-0.39, 0.29) is 71.8 Å². The summed E-state index contributed by atoms with van der Waals surface area (Å²) in [6, 6.07) is -0.771. The van der Waals surface area contributed by atoms with Crippen molar-refractivity contribution in [3.63, 3.8) is 0 Å². The summed E-state index contributed by atoms with van der Waals surface area (Å²) in [5, 5.41) is 5.99. The van der Waals surface area contributed by atoms with Crippen LogP contribution in [0.2, 0.25) is 0 Å². The number of aromatic nitrogens is 2. The second kappa shape index (κ2) is 18.1. The molecule has 6 atom stereocenters. The lowest BCUT2D eigenvalue weighted by Gasteiger charge is -2.34. The molecule has 0 radical (unpaired) electrons. The Morgan fingerprint density at radius 1 is 0.902 bits per heavy atom. The van der Waals surface area contributed by atoms with Gasteiger partial charge in [0.25, 0.3) is 11.8 Å². The van der Waals surface area contributed by atoms with Gasteiger partial charge < -0.3 is 15.5 Å². The Bertz CT molecular complexity index is 1440. The average molecular weight is 704 g/mol. The summed E-state index contributed by atoms with van der Waals surface area (Å²) in [5.74, 6) is -2.55. The first-order valence-electron chi connectivity index (χ1n) is 19.5. The summed E-state index contributed by atoms with van der Waals surface area (Å²) in [6.07, 6.45) is 16.8. The number of carbonyl (C=O) groups excluding carboxylic acids is 6. The molecule has 1 aromatic heterocycles. The molecule has 3 amide bonds. The Morgan fingerprint density at radius 2 is 1.67 bits per heavy atom. The quantitative estimate of drug-likeness (QED) is 0.145. The van der Waals surface area contributed by atoms with Crippen molar-refractivity contribution in [3.8, 4) is 0 Å². The number of ketones is 3. The van der Waals surface area contributed by atoms with Gasteiger partial charge in [-0.1, -0.05) is 45.6 Å². The number of amides is 3. The van der Waals surface area contributed by atoms with Crippen LogP contribution in [0.5, 0.6) is 0 Å². The first-order valence-corrected chi connectivity index (χ1v) is 19.5. The molecule has 278 valence electrons. The molecule has 0 spiro atoms. The first-order chi connectivity index (χ1) is 24.6. The van der Waals surface area contributed by atoms with Gasteiger partial charge in [0.05, 0.1) is 12.2 Å². The molecular weight excluding hydrogens is 646 g/mol. The molecule has 3 saturated carbocycles. The molecule has 1 aliphatic heterocycles. The highest BCUT2D eigenvalue weighted by atomic mass is 16.2. The molecule has 3 aliphatic carbocycles. The summed E-state index contributed by atoms with van der Waals surface area (Å²) < 4.78 is 0. The molecule has 11 nitrogen and oxygen atoms in total. The third kappa shape index (κ3) is 10.2. The Balaban J connectivity index is 1.34. The molecule has 2 N–H and O–H groups in total. The van der Waals surface area contributed by atoms with Crippen LogP contribution in [0.25, 0.3) is 0 Å². The molecule has 4 fully saturated rings. The molecule has 1 aromatic rings. The molecule has 4 aliphatic rings. The van der Waals surface area contributed by atoms with E-state index in [9.17, 15) is 28.8 Å². The highest BCUT2D eigenvalue weighted by Crippen LogP contribution is 2.44. The first kappa shape index (κ1) is 38.5. The number of fused-ring (bicyclic) bond motifs is 1. The maximum atomic E-state index is 14.7. The van der Waals surface area contributed by atoms with Crippen LogP contribution in [-0.4, -0.2) is 74.6 Å². The van der Waals surface area contributed by atoms with E-state index in [0.717, 1.165) is 64.2 Å². The minimum atomic E-state index is -0.711. The van der Waals surface area contributed by atoms with E-state index in [1.807, 2.05) is 6.92 Å². The molecule has 2 heterocycles. The van der Waals surface area contributed by atoms with Gasteiger partial charge in [-0.25, -0.2) is 4.98 Å². The third-order valence-electron chi connectivity index (χ3n) is 11.8. The molecular formula is C40H57N5O6. The lowest BCUT2D eigenvalue weighted by atomic mass is 9.80. The molecule has 51 heavy (non-hydrogen) atoms. The summed E-state index contributed by atoms with van der Waals surface area (Å²) in [4.78, 5) is 90.9. The molecule has 0 bridgehead atoms. The van der Waals surface area contributed by atoms with E-state index < -0.39 is 29.6 Å². The topological polar surface area (TPSA) is 156 Å². The maximum Gasteiger partial charge on any atom is 0.287 e. The number of hydrogen-bond acceptors (Lipinski definition) is 8. The van der Waals surface area contributed by atoms with E-state index in [1.165, 1.54) is 18.6 Å². The van der Waals surface area contributed by atoms with Crippen molar-refractivity contribution in [1.82, 2.24) is 25.5 Å². The van der Waals surface area contributed by atoms with Crippen LogP contribution in [0, 0.1) is 29.6 Å². The normalized spacial score (nSPS) is 23.5. The zero-order valence-electron chi connectivity index (χ0n) is 30.6. The van der Waals surface area contributed by atoms with Crippen molar-refractivity contribution < 1.29 is 28.8 Å². The monoisotopic (exact) mass is 703 g/mol. The average Bonchev–Trinajstić information content (AvgIpc) is 3.70. The van der Waals surface area contributed by atoms with Crippen LogP contribution in [0.1, 0.15) is 133 Å². The predicted molar refractivity (Wildman–Crippen MR) is 192 cm³/mol. The van der Waals surface area contributed by atoms with Crippen molar-refractivity contribution in [1.29, 1.82) is 0 Å². The SMILES string of the molecule is C=C(C)C(=O)CC[C@H](CC[C@@H](NC(=O)c1cnccn1)C1CCCCC1)C(=O)N1C[C@@H]2CCC[C@@H]2[C@H]1C(=O)C[C@@H](CCC)C(=O)C(=O)NC1CC1. The van der Waals surface area contributed by atoms with Crippen LogP contribution in [-0.2, 0) is 24.0 Å². The summed E-state index contributed by atoms with van der Waals surface area (Å²) in [7, 11) is 0. The lowest BCUT2D eigenvalue weighted by Crippen LogP contribution is -2.48. The number of Topliss-reactive ketones (excluding diaryl/α,β-unsaturated/α-hetero) is 3. The van der Waals surface area contributed by atoms with Crippen LogP contribution >= 0.6 is 0 Å². The van der Waals surface area contributed by atoms with E-state index in [2.05, 4.69) is 27.2 Å². The van der Waals surface area contributed by atoms with E-state index in [4.69, 9.17) is 0 Å². The van der Waals surface area contributed by atoms with Gasteiger partial charge in [0, 0.05) is 55.7 Å². The van der Waals surface area contributed by atoms with Gasteiger partial charge in [0.2, 0.25) is 11.7 Å². The minimum absolute atomic E-state index is 0.0260. The molecule has 1 saturated heterocycles. The van der Waals surface area contributed by atoms with Crippen molar-refractivity contribution in [3.05, 3.63) is 36.4 Å². The largest absolute Gasteiger partial charge is 0.348 e. The van der Waals surface area contributed by atoms with Crippen LogP contribution in [0.15, 0.2) is 30.7 Å². The fourth-order valence-electron chi connectivity index (χ4n) is 8.80. The van der Waals surface area contributed by atoms with Crippen molar-refractivity contribution >= 4 is 35.1 Å². The van der Waals surface area contributed by atoms with Gasteiger partial charge in [-0.15, -0.1) is 0 Å². The number of carbonyl (C=O) groups is 6. The summed E-state index contributed by atoms with van der Waals surface area (Å²) in [6.45, 7) is 7.91. The number of allylic oxidation sites excluding steroid dienone is 1. The number of nitrogens with zero attached hydrogens (tertiary/aromatic N) is 3. The second-order valence-electron chi connectivity index (χ2n) is 15.6. The van der Waals surface area contributed by atoms with E-state index >= 15 is 0 Å². The Morgan fingerprint density at radius 3 is 2.33 bits per heavy atom. The minimum Gasteiger partial charge on any atom is -0.348 e.